The summed E-state index contributed by atoms with van der Waals surface area (Å²) in [5.41, 5.74) is 8.88. The maximum Gasteiger partial charge on any atom is 0.0955 e. The molecular formula is C15H19N3O. The SMILES string of the molecule is CC1OCCC1N(C)c1ccc(N)c2cccnc12. The van der Waals surface area contributed by atoms with Crippen LogP contribution in [-0.4, -0.2) is 30.8 Å². The van der Waals surface area contributed by atoms with Crippen molar-refractivity contribution >= 4 is 22.3 Å². The fourth-order valence-corrected chi connectivity index (χ4v) is 2.87. The van der Waals surface area contributed by atoms with E-state index in [1.165, 1.54) is 0 Å². The molecule has 1 saturated heterocycles. The van der Waals surface area contributed by atoms with Crippen LogP contribution in [0.15, 0.2) is 30.5 Å². The number of aromatic nitrogens is 1. The van der Waals surface area contributed by atoms with Gasteiger partial charge in [-0.3, -0.25) is 4.98 Å². The van der Waals surface area contributed by atoms with Crippen LogP contribution >= 0.6 is 0 Å². The smallest absolute Gasteiger partial charge is 0.0955 e. The van der Waals surface area contributed by atoms with Crippen LogP contribution in [0.2, 0.25) is 0 Å². The predicted molar refractivity (Wildman–Crippen MR) is 78.4 cm³/mol. The van der Waals surface area contributed by atoms with Crippen molar-refractivity contribution in [1.29, 1.82) is 0 Å². The lowest BCUT2D eigenvalue weighted by Crippen LogP contribution is -2.36. The Morgan fingerprint density at radius 2 is 2.21 bits per heavy atom. The highest BCUT2D eigenvalue weighted by molar-refractivity contribution is 5.98. The number of ether oxygens (including phenoxy) is 1. The maximum absolute atomic E-state index is 6.02. The molecule has 0 saturated carbocycles. The number of hydrogen-bond donors (Lipinski definition) is 1. The Kier molecular flexibility index (Phi) is 3.03. The van der Waals surface area contributed by atoms with Gasteiger partial charge >= 0.3 is 0 Å². The van der Waals surface area contributed by atoms with E-state index in [1.807, 2.05) is 24.4 Å². The van der Waals surface area contributed by atoms with Crippen molar-refractivity contribution < 1.29 is 4.74 Å². The number of anilines is 2. The third-order valence-electron chi connectivity index (χ3n) is 4.00. The highest BCUT2D eigenvalue weighted by atomic mass is 16.5. The molecule has 2 heterocycles. The summed E-state index contributed by atoms with van der Waals surface area (Å²) in [6.07, 6.45) is 3.12. The summed E-state index contributed by atoms with van der Waals surface area (Å²) in [6.45, 7) is 2.96. The van der Waals surface area contributed by atoms with Crippen molar-refractivity contribution in [1.82, 2.24) is 4.98 Å². The molecule has 1 aliphatic heterocycles. The van der Waals surface area contributed by atoms with Gasteiger partial charge < -0.3 is 15.4 Å². The first-order valence-electron chi connectivity index (χ1n) is 6.66. The van der Waals surface area contributed by atoms with E-state index >= 15 is 0 Å². The minimum Gasteiger partial charge on any atom is -0.398 e. The third kappa shape index (κ3) is 2.02. The Hall–Kier alpha value is -1.81. The molecule has 19 heavy (non-hydrogen) atoms. The predicted octanol–water partition coefficient (Wildman–Crippen LogP) is 2.43. The van der Waals surface area contributed by atoms with E-state index in [1.54, 1.807) is 0 Å². The largest absolute Gasteiger partial charge is 0.398 e. The molecule has 4 heteroatoms. The molecule has 2 N–H and O–H groups in total. The van der Waals surface area contributed by atoms with Gasteiger partial charge in [0.15, 0.2) is 0 Å². The molecule has 1 aromatic heterocycles. The van der Waals surface area contributed by atoms with E-state index in [0.717, 1.165) is 35.3 Å². The second kappa shape index (κ2) is 4.70. The number of likely N-dealkylation sites (N-methyl/N-ethyl adjacent to an activating group) is 1. The van der Waals surface area contributed by atoms with Crippen molar-refractivity contribution in [2.24, 2.45) is 0 Å². The molecule has 0 amide bonds. The van der Waals surface area contributed by atoms with Crippen LogP contribution in [0.25, 0.3) is 10.9 Å². The Morgan fingerprint density at radius 1 is 1.37 bits per heavy atom. The van der Waals surface area contributed by atoms with Gasteiger partial charge in [-0.2, -0.15) is 0 Å². The zero-order valence-electron chi connectivity index (χ0n) is 11.3. The highest BCUT2D eigenvalue weighted by Gasteiger charge is 2.29. The Morgan fingerprint density at radius 3 is 2.95 bits per heavy atom. The van der Waals surface area contributed by atoms with Crippen LogP contribution in [-0.2, 0) is 4.74 Å². The number of nitrogens with zero attached hydrogens (tertiary/aromatic N) is 2. The molecule has 0 spiro atoms. The number of fused-ring (bicyclic) bond motifs is 1. The molecule has 0 bridgehead atoms. The van der Waals surface area contributed by atoms with Crippen LogP contribution in [0.5, 0.6) is 0 Å². The molecular weight excluding hydrogens is 238 g/mol. The number of benzene rings is 1. The van der Waals surface area contributed by atoms with Crippen LogP contribution in [0.3, 0.4) is 0 Å². The van der Waals surface area contributed by atoms with E-state index in [4.69, 9.17) is 10.5 Å². The maximum atomic E-state index is 6.02. The van der Waals surface area contributed by atoms with Crippen molar-refractivity contribution in [3.8, 4) is 0 Å². The number of nitrogens with two attached hydrogens (primary N) is 1. The average molecular weight is 257 g/mol. The van der Waals surface area contributed by atoms with Crippen LogP contribution in [0, 0.1) is 0 Å². The molecule has 4 nitrogen and oxygen atoms in total. The van der Waals surface area contributed by atoms with Crippen LogP contribution in [0.1, 0.15) is 13.3 Å². The highest BCUT2D eigenvalue weighted by Crippen LogP contribution is 2.32. The zero-order chi connectivity index (χ0) is 13.4. The van der Waals surface area contributed by atoms with E-state index in [2.05, 4.69) is 29.9 Å². The van der Waals surface area contributed by atoms with Crippen molar-refractivity contribution in [3.05, 3.63) is 30.5 Å². The standard InChI is InChI=1S/C15H19N3O/c1-10-13(7-9-19-10)18(2)14-6-5-12(16)11-4-3-8-17-15(11)14/h3-6,8,10,13H,7,9,16H2,1-2H3. The molecule has 100 valence electrons. The molecule has 1 aliphatic rings. The van der Waals surface area contributed by atoms with Gasteiger partial charge in [0.25, 0.3) is 0 Å². The van der Waals surface area contributed by atoms with Gasteiger partial charge in [0.05, 0.1) is 23.3 Å². The summed E-state index contributed by atoms with van der Waals surface area (Å²) in [4.78, 5) is 6.77. The molecule has 3 rings (SSSR count). The number of rotatable bonds is 2. The van der Waals surface area contributed by atoms with Crippen molar-refractivity contribution in [2.45, 2.75) is 25.5 Å². The lowest BCUT2D eigenvalue weighted by atomic mass is 10.1. The molecule has 1 aromatic carbocycles. The van der Waals surface area contributed by atoms with E-state index in [9.17, 15) is 0 Å². The summed E-state index contributed by atoms with van der Waals surface area (Å²) in [6, 6.07) is 8.34. The zero-order valence-corrected chi connectivity index (χ0v) is 11.3. The Labute approximate surface area is 113 Å². The molecule has 2 aromatic rings. The Balaban J connectivity index is 2.07. The van der Waals surface area contributed by atoms with Crippen molar-refractivity contribution in [3.63, 3.8) is 0 Å². The molecule has 2 unspecified atom stereocenters. The monoisotopic (exact) mass is 257 g/mol. The fraction of sp³-hybridized carbons (Fsp3) is 0.400. The quantitative estimate of drug-likeness (QED) is 0.839. The first kappa shape index (κ1) is 12.2. The van der Waals surface area contributed by atoms with E-state index in [-0.39, 0.29) is 6.10 Å². The van der Waals surface area contributed by atoms with Gasteiger partial charge in [0.2, 0.25) is 0 Å². The minimum atomic E-state index is 0.251. The molecule has 2 atom stereocenters. The Bertz CT molecular complexity index is 599. The van der Waals surface area contributed by atoms with Gasteiger partial charge in [-0.05, 0) is 37.6 Å². The van der Waals surface area contributed by atoms with E-state index in [0.29, 0.717) is 6.04 Å². The first-order chi connectivity index (χ1) is 9.18. The van der Waals surface area contributed by atoms with Crippen LogP contribution < -0.4 is 10.6 Å². The molecule has 0 aliphatic carbocycles. The average Bonchev–Trinajstić information content (AvgIpc) is 2.85. The third-order valence-corrected chi connectivity index (χ3v) is 4.00. The first-order valence-corrected chi connectivity index (χ1v) is 6.66. The normalized spacial score (nSPS) is 22.8. The van der Waals surface area contributed by atoms with Gasteiger partial charge in [-0.1, -0.05) is 0 Å². The lowest BCUT2D eigenvalue weighted by Gasteiger charge is -2.29. The van der Waals surface area contributed by atoms with Gasteiger partial charge in [0.1, 0.15) is 0 Å². The van der Waals surface area contributed by atoms with Crippen molar-refractivity contribution in [2.75, 3.05) is 24.3 Å². The van der Waals surface area contributed by atoms with Gasteiger partial charge in [-0.25, -0.2) is 0 Å². The number of nitrogen functional groups attached to an aromatic ring is 1. The summed E-state index contributed by atoms with van der Waals surface area (Å²) >= 11 is 0. The summed E-state index contributed by atoms with van der Waals surface area (Å²) in [5.74, 6) is 0. The minimum absolute atomic E-state index is 0.251. The summed E-state index contributed by atoms with van der Waals surface area (Å²) in [5, 5.41) is 1.01. The summed E-state index contributed by atoms with van der Waals surface area (Å²) < 4.78 is 5.66. The molecule has 1 fully saturated rings. The summed E-state index contributed by atoms with van der Waals surface area (Å²) in [7, 11) is 2.11. The second-order valence-electron chi connectivity index (χ2n) is 5.12. The van der Waals surface area contributed by atoms with Gasteiger partial charge in [-0.15, -0.1) is 0 Å². The molecule has 0 radical (unpaired) electrons. The van der Waals surface area contributed by atoms with E-state index < -0.39 is 0 Å². The topological polar surface area (TPSA) is 51.4 Å². The number of hydrogen-bond acceptors (Lipinski definition) is 4. The number of pyridine rings is 1. The second-order valence-corrected chi connectivity index (χ2v) is 5.12. The van der Waals surface area contributed by atoms with Crippen LogP contribution in [0.4, 0.5) is 11.4 Å². The lowest BCUT2D eigenvalue weighted by molar-refractivity contribution is 0.118. The fourth-order valence-electron chi connectivity index (χ4n) is 2.87. The van der Waals surface area contributed by atoms with Gasteiger partial charge in [0, 0.05) is 30.9 Å².